The molecule has 2 aliphatic rings. The number of nitrogens with one attached hydrogen (secondary N) is 1. The van der Waals surface area contributed by atoms with E-state index in [0.29, 0.717) is 19.1 Å². The van der Waals surface area contributed by atoms with Crippen molar-refractivity contribution in [2.45, 2.75) is 63.8 Å². The molecule has 4 heteroatoms. The van der Waals surface area contributed by atoms with Gasteiger partial charge in [0.2, 0.25) is 5.91 Å². The number of nitrogens with two attached hydrogens (primary N) is 1. The van der Waals surface area contributed by atoms with E-state index in [4.69, 9.17) is 5.73 Å². The predicted molar refractivity (Wildman–Crippen MR) is 82.5 cm³/mol. The maximum atomic E-state index is 12.1. The number of hydrogen-bond acceptors (Lipinski definition) is 3. The first-order valence-corrected chi connectivity index (χ1v) is 8.50. The molecule has 0 heterocycles. The van der Waals surface area contributed by atoms with Crippen LogP contribution in [0.3, 0.4) is 0 Å². The zero-order chi connectivity index (χ0) is 14.2. The standard InChI is InChI=1S/C16H31N3O/c17-10-5-11-19(15-6-3-1-2-4-7-15)13-16(20)18-12-14-8-9-14/h14-15H,1-13,17H2,(H,18,20). The number of rotatable bonds is 8. The van der Waals surface area contributed by atoms with Crippen molar-refractivity contribution in [3.63, 3.8) is 0 Å². The van der Waals surface area contributed by atoms with Crippen molar-refractivity contribution in [2.24, 2.45) is 11.7 Å². The van der Waals surface area contributed by atoms with Gasteiger partial charge in [0.25, 0.3) is 0 Å². The monoisotopic (exact) mass is 281 g/mol. The van der Waals surface area contributed by atoms with Crippen LogP contribution in [0.15, 0.2) is 0 Å². The van der Waals surface area contributed by atoms with Crippen molar-refractivity contribution < 1.29 is 4.79 Å². The summed E-state index contributed by atoms with van der Waals surface area (Å²) < 4.78 is 0. The second kappa shape index (κ2) is 8.63. The normalized spacial score (nSPS) is 20.9. The molecular weight excluding hydrogens is 250 g/mol. The average molecular weight is 281 g/mol. The molecule has 20 heavy (non-hydrogen) atoms. The Labute approximate surface area is 123 Å². The molecule has 0 aromatic rings. The molecule has 0 atom stereocenters. The lowest BCUT2D eigenvalue weighted by atomic mass is 10.1. The van der Waals surface area contributed by atoms with Crippen LogP contribution < -0.4 is 11.1 Å². The van der Waals surface area contributed by atoms with Crippen LogP contribution in [0.5, 0.6) is 0 Å². The summed E-state index contributed by atoms with van der Waals surface area (Å²) in [6.45, 7) is 3.14. The summed E-state index contributed by atoms with van der Waals surface area (Å²) in [6.07, 6.45) is 11.4. The van der Waals surface area contributed by atoms with Crippen LogP contribution in [-0.2, 0) is 4.79 Å². The molecule has 3 N–H and O–H groups in total. The molecule has 0 bridgehead atoms. The van der Waals surface area contributed by atoms with Gasteiger partial charge < -0.3 is 11.1 Å². The fraction of sp³-hybridized carbons (Fsp3) is 0.938. The van der Waals surface area contributed by atoms with E-state index in [2.05, 4.69) is 10.2 Å². The van der Waals surface area contributed by atoms with Gasteiger partial charge >= 0.3 is 0 Å². The molecule has 0 aromatic carbocycles. The molecule has 2 aliphatic carbocycles. The number of amides is 1. The van der Waals surface area contributed by atoms with E-state index in [-0.39, 0.29) is 5.91 Å². The highest BCUT2D eigenvalue weighted by Crippen LogP contribution is 2.27. The average Bonchev–Trinajstić information content (AvgIpc) is 3.27. The summed E-state index contributed by atoms with van der Waals surface area (Å²) >= 11 is 0. The summed E-state index contributed by atoms with van der Waals surface area (Å²) in [5.41, 5.74) is 5.65. The topological polar surface area (TPSA) is 58.4 Å². The molecule has 0 aromatic heterocycles. The molecule has 2 rings (SSSR count). The molecule has 1 amide bonds. The van der Waals surface area contributed by atoms with Gasteiger partial charge in [-0.05, 0) is 44.6 Å². The third-order valence-corrected chi connectivity index (χ3v) is 4.62. The fourth-order valence-corrected chi connectivity index (χ4v) is 3.13. The molecule has 2 saturated carbocycles. The largest absolute Gasteiger partial charge is 0.355 e. The van der Waals surface area contributed by atoms with E-state index < -0.39 is 0 Å². The van der Waals surface area contributed by atoms with E-state index in [0.717, 1.165) is 25.4 Å². The lowest BCUT2D eigenvalue weighted by Crippen LogP contribution is -2.44. The molecule has 0 saturated heterocycles. The number of nitrogens with zero attached hydrogens (tertiary/aromatic N) is 1. The smallest absolute Gasteiger partial charge is 0.234 e. The maximum absolute atomic E-state index is 12.1. The third kappa shape index (κ3) is 5.80. The van der Waals surface area contributed by atoms with E-state index in [9.17, 15) is 4.79 Å². The van der Waals surface area contributed by atoms with E-state index in [1.165, 1.54) is 51.4 Å². The molecule has 0 unspecified atom stereocenters. The lowest BCUT2D eigenvalue weighted by molar-refractivity contribution is -0.123. The van der Waals surface area contributed by atoms with Crippen LogP contribution in [0.1, 0.15) is 57.8 Å². The van der Waals surface area contributed by atoms with Crippen molar-refractivity contribution in [3.05, 3.63) is 0 Å². The summed E-state index contributed by atoms with van der Waals surface area (Å²) in [5.74, 6) is 0.965. The minimum atomic E-state index is 0.207. The van der Waals surface area contributed by atoms with Crippen LogP contribution in [0.4, 0.5) is 0 Å². The van der Waals surface area contributed by atoms with Crippen molar-refractivity contribution >= 4 is 5.91 Å². The molecule has 0 radical (unpaired) electrons. The quantitative estimate of drug-likeness (QED) is 0.668. The summed E-state index contributed by atoms with van der Waals surface area (Å²) in [7, 11) is 0. The zero-order valence-electron chi connectivity index (χ0n) is 12.8. The Hall–Kier alpha value is -0.610. The molecule has 4 nitrogen and oxygen atoms in total. The van der Waals surface area contributed by atoms with E-state index in [1.54, 1.807) is 0 Å². The van der Waals surface area contributed by atoms with Crippen molar-refractivity contribution in [1.82, 2.24) is 10.2 Å². The molecular formula is C16H31N3O. The molecule has 0 spiro atoms. The molecule has 0 aliphatic heterocycles. The van der Waals surface area contributed by atoms with Crippen LogP contribution in [0.2, 0.25) is 0 Å². The highest BCUT2D eigenvalue weighted by atomic mass is 16.2. The van der Waals surface area contributed by atoms with E-state index >= 15 is 0 Å². The van der Waals surface area contributed by atoms with Gasteiger partial charge in [0.1, 0.15) is 0 Å². The minimum Gasteiger partial charge on any atom is -0.355 e. The summed E-state index contributed by atoms with van der Waals surface area (Å²) in [6, 6.07) is 0.593. The van der Waals surface area contributed by atoms with Gasteiger partial charge in [-0.1, -0.05) is 25.7 Å². The maximum Gasteiger partial charge on any atom is 0.234 e. The first-order chi connectivity index (χ1) is 9.79. The van der Waals surface area contributed by atoms with Gasteiger partial charge in [-0.15, -0.1) is 0 Å². The SMILES string of the molecule is NCCCN(CC(=O)NCC1CC1)C1CCCCCC1. The van der Waals surface area contributed by atoms with Crippen molar-refractivity contribution in [1.29, 1.82) is 0 Å². The van der Waals surface area contributed by atoms with Gasteiger partial charge in [-0.2, -0.15) is 0 Å². The number of carbonyl (C=O) groups excluding carboxylic acids is 1. The van der Waals surface area contributed by atoms with Gasteiger partial charge in [0.05, 0.1) is 6.54 Å². The fourth-order valence-electron chi connectivity index (χ4n) is 3.13. The second-order valence-electron chi connectivity index (χ2n) is 6.51. The lowest BCUT2D eigenvalue weighted by Gasteiger charge is -2.30. The Morgan fingerprint density at radius 3 is 2.40 bits per heavy atom. The minimum absolute atomic E-state index is 0.207. The zero-order valence-corrected chi connectivity index (χ0v) is 12.8. The van der Waals surface area contributed by atoms with Gasteiger partial charge in [-0.3, -0.25) is 9.69 Å². The Morgan fingerprint density at radius 1 is 1.10 bits per heavy atom. The summed E-state index contributed by atoms with van der Waals surface area (Å²) in [5, 5.41) is 3.09. The first kappa shape index (κ1) is 15.8. The van der Waals surface area contributed by atoms with Gasteiger partial charge in [-0.25, -0.2) is 0 Å². The van der Waals surface area contributed by atoms with Crippen molar-refractivity contribution in [2.75, 3.05) is 26.2 Å². The highest BCUT2D eigenvalue weighted by Gasteiger charge is 2.24. The van der Waals surface area contributed by atoms with Crippen LogP contribution in [0, 0.1) is 5.92 Å². The van der Waals surface area contributed by atoms with Crippen molar-refractivity contribution in [3.8, 4) is 0 Å². The highest BCUT2D eigenvalue weighted by molar-refractivity contribution is 5.78. The Kier molecular flexibility index (Phi) is 6.80. The van der Waals surface area contributed by atoms with E-state index in [1.807, 2.05) is 0 Å². The van der Waals surface area contributed by atoms with Crippen LogP contribution in [0.25, 0.3) is 0 Å². The Morgan fingerprint density at radius 2 is 1.80 bits per heavy atom. The van der Waals surface area contributed by atoms with Gasteiger partial charge in [0, 0.05) is 19.1 Å². The third-order valence-electron chi connectivity index (χ3n) is 4.62. The van der Waals surface area contributed by atoms with Crippen LogP contribution in [-0.4, -0.2) is 43.0 Å². The number of hydrogen-bond donors (Lipinski definition) is 2. The molecule has 116 valence electrons. The first-order valence-electron chi connectivity index (χ1n) is 8.50. The Bertz CT molecular complexity index is 283. The molecule has 2 fully saturated rings. The van der Waals surface area contributed by atoms with Gasteiger partial charge in [0.15, 0.2) is 0 Å². The number of carbonyl (C=O) groups is 1. The van der Waals surface area contributed by atoms with Crippen LogP contribution >= 0.6 is 0 Å². The Balaban J connectivity index is 1.78. The summed E-state index contributed by atoms with van der Waals surface area (Å²) in [4.78, 5) is 14.5. The second-order valence-corrected chi connectivity index (χ2v) is 6.51. The predicted octanol–water partition coefficient (Wildman–Crippen LogP) is 1.89.